The predicted octanol–water partition coefficient (Wildman–Crippen LogP) is 4.27. The lowest BCUT2D eigenvalue weighted by atomic mass is 10.1. The average molecular weight is 569 g/mol. The first-order valence-corrected chi connectivity index (χ1v) is 14.3. The van der Waals surface area contributed by atoms with Gasteiger partial charge >= 0.3 is 0 Å². The lowest BCUT2D eigenvalue weighted by molar-refractivity contribution is -0.135. The van der Waals surface area contributed by atoms with Crippen molar-refractivity contribution in [2.45, 2.75) is 39.8 Å². The van der Waals surface area contributed by atoms with Crippen LogP contribution in [0.1, 0.15) is 42.5 Å². The summed E-state index contributed by atoms with van der Waals surface area (Å²) < 4.78 is 13.4. The van der Waals surface area contributed by atoms with Crippen molar-refractivity contribution in [1.29, 1.82) is 0 Å². The van der Waals surface area contributed by atoms with Gasteiger partial charge in [-0.3, -0.25) is 23.9 Å². The van der Waals surface area contributed by atoms with Gasteiger partial charge in [-0.05, 0) is 68.3 Å². The summed E-state index contributed by atoms with van der Waals surface area (Å²) in [5.74, 6) is 1.76. The summed E-state index contributed by atoms with van der Waals surface area (Å²) in [5, 5.41) is 0.363. The maximum Gasteiger partial charge on any atom is 0.266 e. The van der Waals surface area contributed by atoms with Gasteiger partial charge in [0.25, 0.3) is 11.5 Å². The minimum absolute atomic E-state index is 0.00729. The van der Waals surface area contributed by atoms with Gasteiger partial charge in [-0.25, -0.2) is 4.98 Å². The molecule has 2 heterocycles. The van der Waals surface area contributed by atoms with Crippen LogP contribution in [0.3, 0.4) is 0 Å². The number of carbonyl (C=O) groups excluding carboxylic acids is 2. The van der Waals surface area contributed by atoms with Crippen LogP contribution >= 0.6 is 0 Å². The van der Waals surface area contributed by atoms with Gasteiger partial charge in [0.2, 0.25) is 0 Å². The second-order valence-corrected chi connectivity index (χ2v) is 10.6. The van der Waals surface area contributed by atoms with Gasteiger partial charge in [-0.2, -0.15) is 0 Å². The van der Waals surface area contributed by atoms with Crippen LogP contribution < -0.4 is 15.0 Å². The summed E-state index contributed by atoms with van der Waals surface area (Å²) in [5.41, 5.74) is 2.48. The van der Waals surface area contributed by atoms with Crippen molar-refractivity contribution in [3.63, 3.8) is 0 Å². The second-order valence-electron chi connectivity index (χ2n) is 10.6. The number of aryl methyl sites for hydroxylation is 1. The van der Waals surface area contributed by atoms with Crippen LogP contribution in [0.15, 0.2) is 71.5 Å². The average Bonchev–Trinajstić information content (AvgIpc) is 3.01. The van der Waals surface area contributed by atoms with Crippen molar-refractivity contribution in [3.05, 3.63) is 94.0 Å². The highest BCUT2D eigenvalue weighted by molar-refractivity contribution is 5.86. The van der Waals surface area contributed by atoms with Crippen molar-refractivity contribution < 1.29 is 19.1 Å². The molecule has 1 aliphatic rings. The Bertz CT molecular complexity index is 1620. The van der Waals surface area contributed by atoms with Crippen LogP contribution in [0.4, 0.5) is 0 Å². The Morgan fingerprint density at radius 2 is 1.74 bits per heavy atom. The normalized spacial score (nSPS) is 13.9. The standard InChI is InChI=1S/C33H36N4O5/c1-4-24-9-12-26(13-10-24)41-22-32(39)36-17-15-35(16-18-36)20-31-34-28-14-11-25(21-38)19-27(28)33(40)37(31)29-7-5-6-8-30(29)42-23(2)3/h5-14,19,21,23H,4,15-18,20,22H2,1-3H3. The zero-order valence-electron chi connectivity index (χ0n) is 24.3. The van der Waals surface area contributed by atoms with E-state index in [0.717, 1.165) is 12.7 Å². The Labute approximate surface area is 245 Å². The first-order valence-electron chi connectivity index (χ1n) is 14.3. The van der Waals surface area contributed by atoms with E-state index in [4.69, 9.17) is 14.5 Å². The van der Waals surface area contributed by atoms with Crippen molar-refractivity contribution in [2.24, 2.45) is 0 Å². The number of nitrogens with zero attached hydrogens (tertiary/aromatic N) is 4. The second kappa shape index (κ2) is 13.0. The molecule has 0 N–H and O–H groups in total. The quantitative estimate of drug-likeness (QED) is 0.264. The van der Waals surface area contributed by atoms with E-state index in [2.05, 4.69) is 11.8 Å². The lowest BCUT2D eigenvalue weighted by Crippen LogP contribution is -2.50. The number of benzene rings is 3. The number of amides is 1. The van der Waals surface area contributed by atoms with Crippen LogP contribution in [-0.4, -0.2) is 70.4 Å². The Morgan fingerprint density at radius 3 is 2.43 bits per heavy atom. The van der Waals surface area contributed by atoms with Crippen LogP contribution in [0, 0.1) is 0 Å². The van der Waals surface area contributed by atoms with E-state index in [0.29, 0.717) is 72.2 Å². The first kappa shape index (κ1) is 29.0. The molecule has 0 bridgehead atoms. The molecule has 5 rings (SSSR count). The number of aldehydes is 1. The molecule has 1 amide bonds. The van der Waals surface area contributed by atoms with E-state index >= 15 is 0 Å². The van der Waals surface area contributed by atoms with Crippen LogP contribution in [0.2, 0.25) is 0 Å². The molecule has 1 fully saturated rings. The number of fused-ring (bicyclic) bond motifs is 1. The molecular weight excluding hydrogens is 532 g/mol. The Kier molecular flexibility index (Phi) is 8.97. The van der Waals surface area contributed by atoms with Crippen LogP contribution in [-0.2, 0) is 17.8 Å². The molecule has 42 heavy (non-hydrogen) atoms. The molecule has 1 saturated heterocycles. The number of hydrogen-bond acceptors (Lipinski definition) is 7. The molecule has 3 aromatic carbocycles. The summed E-state index contributed by atoms with van der Waals surface area (Å²) >= 11 is 0. The van der Waals surface area contributed by atoms with E-state index in [1.54, 1.807) is 22.8 Å². The van der Waals surface area contributed by atoms with Crippen molar-refractivity contribution in [3.8, 4) is 17.2 Å². The van der Waals surface area contributed by atoms with Gasteiger partial charge in [0.1, 0.15) is 23.6 Å². The van der Waals surface area contributed by atoms with Crippen molar-refractivity contribution in [2.75, 3.05) is 32.8 Å². The highest BCUT2D eigenvalue weighted by atomic mass is 16.5. The number of carbonyl (C=O) groups is 2. The Morgan fingerprint density at radius 1 is 1.00 bits per heavy atom. The molecule has 218 valence electrons. The molecule has 0 saturated carbocycles. The lowest BCUT2D eigenvalue weighted by Gasteiger charge is -2.34. The fourth-order valence-corrected chi connectivity index (χ4v) is 5.09. The van der Waals surface area contributed by atoms with Crippen LogP contribution in [0.25, 0.3) is 16.6 Å². The topological polar surface area (TPSA) is 94.0 Å². The number of piperazine rings is 1. The third-order valence-electron chi connectivity index (χ3n) is 7.35. The van der Waals surface area contributed by atoms with Gasteiger partial charge in [0.15, 0.2) is 6.61 Å². The highest BCUT2D eigenvalue weighted by Crippen LogP contribution is 2.25. The number of rotatable bonds is 10. The summed E-state index contributed by atoms with van der Waals surface area (Å²) in [4.78, 5) is 47.1. The zero-order valence-corrected chi connectivity index (χ0v) is 24.3. The molecule has 9 heteroatoms. The fraction of sp³-hybridized carbons (Fsp3) is 0.333. The summed E-state index contributed by atoms with van der Waals surface area (Å²) in [7, 11) is 0. The fourth-order valence-electron chi connectivity index (χ4n) is 5.09. The number of para-hydroxylation sites is 2. The molecule has 0 spiro atoms. The summed E-state index contributed by atoms with van der Waals surface area (Å²) in [6, 6.07) is 20.1. The SMILES string of the molecule is CCc1ccc(OCC(=O)N2CCN(Cc3nc4ccc(C=O)cc4c(=O)n3-c3ccccc3OC(C)C)CC2)cc1. The van der Waals surface area contributed by atoms with Gasteiger partial charge in [0.05, 0.1) is 29.2 Å². The molecule has 4 aromatic rings. The van der Waals surface area contributed by atoms with Gasteiger partial charge in [0, 0.05) is 31.7 Å². The van der Waals surface area contributed by atoms with E-state index in [1.165, 1.54) is 5.56 Å². The number of aromatic nitrogens is 2. The summed E-state index contributed by atoms with van der Waals surface area (Å²) in [6.07, 6.45) is 1.58. The van der Waals surface area contributed by atoms with Crippen molar-refractivity contribution in [1.82, 2.24) is 19.4 Å². The molecule has 0 aliphatic carbocycles. The smallest absolute Gasteiger partial charge is 0.266 e. The maximum absolute atomic E-state index is 13.9. The molecule has 0 unspecified atom stereocenters. The van der Waals surface area contributed by atoms with Gasteiger partial charge in [-0.1, -0.05) is 31.2 Å². The minimum Gasteiger partial charge on any atom is -0.489 e. The molecule has 9 nitrogen and oxygen atoms in total. The van der Waals surface area contributed by atoms with Crippen molar-refractivity contribution >= 4 is 23.1 Å². The van der Waals surface area contributed by atoms with Gasteiger partial charge in [-0.15, -0.1) is 0 Å². The van der Waals surface area contributed by atoms with E-state index in [1.807, 2.05) is 67.3 Å². The van der Waals surface area contributed by atoms with E-state index in [-0.39, 0.29) is 24.2 Å². The molecule has 1 aliphatic heterocycles. The first-order chi connectivity index (χ1) is 20.4. The third kappa shape index (κ3) is 6.52. The summed E-state index contributed by atoms with van der Waals surface area (Å²) in [6.45, 7) is 8.70. The number of ether oxygens (including phenoxy) is 2. The monoisotopic (exact) mass is 568 g/mol. The third-order valence-corrected chi connectivity index (χ3v) is 7.35. The van der Waals surface area contributed by atoms with Gasteiger partial charge < -0.3 is 14.4 Å². The maximum atomic E-state index is 13.9. The Hall–Kier alpha value is -4.50. The molecule has 1 aromatic heterocycles. The molecular formula is C33H36N4O5. The predicted molar refractivity (Wildman–Crippen MR) is 162 cm³/mol. The molecule has 0 atom stereocenters. The van der Waals surface area contributed by atoms with E-state index in [9.17, 15) is 14.4 Å². The Balaban J connectivity index is 1.35. The number of hydrogen-bond donors (Lipinski definition) is 0. The molecule has 0 radical (unpaired) electrons. The highest BCUT2D eigenvalue weighted by Gasteiger charge is 2.24. The van der Waals surface area contributed by atoms with E-state index < -0.39 is 0 Å². The largest absolute Gasteiger partial charge is 0.489 e. The minimum atomic E-state index is -0.267. The van der Waals surface area contributed by atoms with Crippen LogP contribution in [0.5, 0.6) is 11.5 Å². The zero-order chi connectivity index (χ0) is 29.6.